The summed E-state index contributed by atoms with van der Waals surface area (Å²) in [6, 6.07) is 10.1. The van der Waals surface area contributed by atoms with Crippen LogP contribution in [-0.4, -0.2) is 16.8 Å². The van der Waals surface area contributed by atoms with Crippen LogP contribution >= 0.6 is 15.9 Å². The van der Waals surface area contributed by atoms with E-state index in [1.807, 2.05) is 0 Å². The van der Waals surface area contributed by atoms with Gasteiger partial charge in [-0.1, -0.05) is 18.2 Å². The highest BCUT2D eigenvalue weighted by molar-refractivity contribution is 9.10. The molecule has 0 amide bonds. The summed E-state index contributed by atoms with van der Waals surface area (Å²) < 4.78 is 19.0. The van der Waals surface area contributed by atoms with Crippen molar-refractivity contribution in [1.29, 1.82) is 0 Å². The lowest BCUT2D eigenvalue weighted by Crippen LogP contribution is -2.07. The third-order valence-corrected chi connectivity index (χ3v) is 3.87. The van der Waals surface area contributed by atoms with E-state index in [4.69, 9.17) is 4.74 Å². The first-order valence-corrected chi connectivity index (χ1v) is 7.46. The molecule has 0 unspecified atom stereocenters. The molecule has 120 valence electrons. The van der Waals surface area contributed by atoms with E-state index in [1.54, 1.807) is 12.1 Å². The molecule has 6 nitrogen and oxygen atoms in total. The van der Waals surface area contributed by atoms with Gasteiger partial charge in [0, 0.05) is 6.07 Å². The van der Waals surface area contributed by atoms with Crippen LogP contribution in [0.3, 0.4) is 0 Å². The first kappa shape index (κ1) is 16.0. The van der Waals surface area contributed by atoms with Crippen molar-refractivity contribution in [3.63, 3.8) is 0 Å². The maximum Gasteiger partial charge on any atom is 0.363 e. The number of benzene rings is 2. The predicted molar refractivity (Wildman–Crippen MR) is 87.8 cm³/mol. The number of nitrogens with zero attached hydrogens (tertiary/aromatic N) is 2. The van der Waals surface area contributed by atoms with E-state index in [0.29, 0.717) is 10.0 Å². The second kappa shape index (κ2) is 6.32. The first-order valence-electron chi connectivity index (χ1n) is 6.67. The standard InChI is InChI=1S/C16H8BrFN2O4/c17-11-6-5-9(8-14(11)20(22)23)7-13-16(21)24-15(19-13)10-3-1-2-4-12(10)18/h1-8H. The van der Waals surface area contributed by atoms with Gasteiger partial charge in [-0.3, -0.25) is 10.1 Å². The number of cyclic esters (lactones) is 1. The van der Waals surface area contributed by atoms with Gasteiger partial charge in [-0.2, -0.15) is 0 Å². The molecule has 2 aromatic carbocycles. The number of nitro benzene ring substituents is 1. The van der Waals surface area contributed by atoms with Gasteiger partial charge >= 0.3 is 5.97 Å². The van der Waals surface area contributed by atoms with Crippen LogP contribution in [-0.2, 0) is 9.53 Å². The monoisotopic (exact) mass is 390 g/mol. The smallest absolute Gasteiger partial charge is 0.363 e. The Kier molecular flexibility index (Phi) is 4.22. The maximum atomic E-state index is 13.7. The number of hydrogen-bond acceptors (Lipinski definition) is 5. The number of carbonyl (C=O) groups excluding carboxylic acids is 1. The van der Waals surface area contributed by atoms with E-state index in [9.17, 15) is 19.3 Å². The summed E-state index contributed by atoms with van der Waals surface area (Å²) in [5.41, 5.74) is 0.255. The number of halogens is 2. The lowest BCUT2D eigenvalue weighted by molar-refractivity contribution is -0.385. The average Bonchev–Trinajstić information content (AvgIpc) is 2.90. The molecule has 0 saturated carbocycles. The summed E-state index contributed by atoms with van der Waals surface area (Å²) in [6.07, 6.45) is 1.34. The predicted octanol–water partition coefficient (Wildman–Crippen LogP) is 3.84. The van der Waals surface area contributed by atoms with Gasteiger partial charge in [0.05, 0.1) is 15.0 Å². The Morgan fingerprint density at radius 3 is 2.71 bits per heavy atom. The maximum absolute atomic E-state index is 13.7. The van der Waals surface area contributed by atoms with Gasteiger partial charge in [0.1, 0.15) is 5.82 Å². The fraction of sp³-hybridized carbons (Fsp3) is 0. The van der Waals surface area contributed by atoms with Crippen molar-refractivity contribution in [2.24, 2.45) is 4.99 Å². The second-order valence-electron chi connectivity index (χ2n) is 4.78. The van der Waals surface area contributed by atoms with Gasteiger partial charge in [0.2, 0.25) is 5.90 Å². The van der Waals surface area contributed by atoms with Crippen molar-refractivity contribution >= 4 is 39.6 Å². The zero-order valence-corrected chi connectivity index (χ0v) is 13.5. The summed E-state index contributed by atoms with van der Waals surface area (Å²) in [6.45, 7) is 0. The number of ether oxygens (including phenoxy) is 1. The minimum Gasteiger partial charge on any atom is -0.402 e. The van der Waals surface area contributed by atoms with Crippen LogP contribution in [0.2, 0.25) is 0 Å². The van der Waals surface area contributed by atoms with Crippen molar-refractivity contribution in [1.82, 2.24) is 0 Å². The number of aliphatic imine (C=N–C) groups is 1. The first-order chi connectivity index (χ1) is 11.5. The summed E-state index contributed by atoms with van der Waals surface area (Å²) in [5, 5.41) is 10.9. The number of hydrogen-bond donors (Lipinski definition) is 0. The van der Waals surface area contributed by atoms with Crippen LogP contribution < -0.4 is 0 Å². The van der Waals surface area contributed by atoms with Crippen LogP contribution in [0.15, 0.2) is 57.6 Å². The Labute approximate surface area is 143 Å². The molecule has 0 saturated heterocycles. The molecule has 0 aromatic heterocycles. The van der Waals surface area contributed by atoms with E-state index in [-0.39, 0.29) is 22.8 Å². The third kappa shape index (κ3) is 3.09. The van der Waals surface area contributed by atoms with Crippen LogP contribution in [0, 0.1) is 15.9 Å². The third-order valence-electron chi connectivity index (χ3n) is 3.20. The summed E-state index contributed by atoms with van der Waals surface area (Å²) in [4.78, 5) is 26.3. The van der Waals surface area contributed by atoms with Crippen LogP contribution in [0.4, 0.5) is 10.1 Å². The molecule has 2 aromatic rings. The highest BCUT2D eigenvalue weighted by Crippen LogP contribution is 2.27. The van der Waals surface area contributed by atoms with Crippen molar-refractivity contribution in [2.45, 2.75) is 0 Å². The fourth-order valence-corrected chi connectivity index (χ4v) is 2.47. The van der Waals surface area contributed by atoms with E-state index in [1.165, 1.54) is 36.4 Å². The average molecular weight is 391 g/mol. The van der Waals surface area contributed by atoms with Crippen molar-refractivity contribution in [3.8, 4) is 0 Å². The van der Waals surface area contributed by atoms with Gasteiger partial charge in [-0.05, 0) is 45.8 Å². The zero-order chi connectivity index (χ0) is 17.3. The number of carbonyl (C=O) groups is 1. The van der Waals surface area contributed by atoms with Crippen molar-refractivity contribution in [2.75, 3.05) is 0 Å². The summed E-state index contributed by atoms with van der Waals surface area (Å²) in [7, 11) is 0. The summed E-state index contributed by atoms with van der Waals surface area (Å²) >= 11 is 3.08. The molecule has 24 heavy (non-hydrogen) atoms. The SMILES string of the molecule is O=C1OC(c2ccccc2F)=NC1=Cc1ccc(Br)c([N+](=O)[O-])c1. The quantitative estimate of drug-likeness (QED) is 0.345. The van der Waals surface area contributed by atoms with E-state index in [2.05, 4.69) is 20.9 Å². The van der Waals surface area contributed by atoms with Gasteiger partial charge in [-0.15, -0.1) is 0 Å². The number of rotatable bonds is 3. The van der Waals surface area contributed by atoms with Gasteiger partial charge < -0.3 is 4.74 Å². The molecule has 0 radical (unpaired) electrons. The minimum atomic E-state index is -0.751. The van der Waals surface area contributed by atoms with Gasteiger partial charge in [0.25, 0.3) is 5.69 Å². The second-order valence-corrected chi connectivity index (χ2v) is 5.64. The molecule has 0 fully saturated rings. The van der Waals surface area contributed by atoms with Crippen molar-refractivity contribution < 1.29 is 18.8 Å². The Balaban J connectivity index is 1.99. The Morgan fingerprint density at radius 2 is 2.00 bits per heavy atom. The zero-order valence-electron chi connectivity index (χ0n) is 11.9. The normalized spacial score (nSPS) is 15.3. The lowest BCUT2D eigenvalue weighted by Gasteiger charge is -1.99. The molecule has 0 spiro atoms. The molecule has 0 aliphatic carbocycles. The van der Waals surface area contributed by atoms with Crippen LogP contribution in [0.25, 0.3) is 6.08 Å². The van der Waals surface area contributed by atoms with E-state index in [0.717, 1.165) is 0 Å². The molecule has 1 heterocycles. The molecular weight excluding hydrogens is 383 g/mol. The highest BCUT2D eigenvalue weighted by Gasteiger charge is 2.26. The van der Waals surface area contributed by atoms with Gasteiger partial charge in [0.15, 0.2) is 5.70 Å². The number of esters is 1. The summed E-state index contributed by atoms with van der Waals surface area (Å²) in [5.74, 6) is -1.46. The molecule has 3 rings (SSSR count). The van der Waals surface area contributed by atoms with Crippen LogP contribution in [0.1, 0.15) is 11.1 Å². The topological polar surface area (TPSA) is 81.8 Å². The lowest BCUT2D eigenvalue weighted by atomic mass is 10.1. The van der Waals surface area contributed by atoms with Crippen LogP contribution in [0.5, 0.6) is 0 Å². The number of nitro groups is 1. The van der Waals surface area contributed by atoms with E-state index >= 15 is 0 Å². The molecule has 8 heteroatoms. The molecule has 0 atom stereocenters. The Morgan fingerprint density at radius 1 is 1.25 bits per heavy atom. The fourth-order valence-electron chi connectivity index (χ4n) is 2.08. The van der Waals surface area contributed by atoms with Gasteiger partial charge in [-0.25, -0.2) is 14.2 Å². The molecule has 0 bridgehead atoms. The molecule has 1 aliphatic rings. The molecule has 1 aliphatic heterocycles. The minimum absolute atomic E-state index is 0.0649. The molecule has 0 N–H and O–H groups in total. The Hall–Kier alpha value is -2.87. The highest BCUT2D eigenvalue weighted by atomic mass is 79.9. The van der Waals surface area contributed by atoms with E-state index < -0.39 is 16.7 Å². The molecular formula is C16H8BrFN2O4. The largest absolute Gasteiger partial charge is 0.402 e. The Bertz CT molecular complexity index is 924. The van der Waals surface area contributed by atoms with Crippen molar-refractivity contribution in [3.05, 3.63) is 79.7 Å².